The summed E-state index contributed by atoms with van der Waals surface area (Å²) in [6.45, 7) is 2.42. The van der Waals surface area contributed by atoms with Gasteiger partial charge in [-0.3, -0.25) is 4.79 Å². The van der Waals surface area contributed by atoms with E-state index in [0.29, 0.717) is 0 Å². The number of rotatable bonds is 3. The van der Waals surface area contributed by atoms with Gasteiger partial charge in [0.25, 0.3) is 0 Å². The van der Waals surface area contributed by atoms with Gasteiger partial charge >= 0.3 is 18.2 Å². The largest absolute Gasteiger partial charge is 0.471 e. The molecule has 0 aliphatic rings. The van der Waals surface area contributed by atoms with E-state index in [1.807, 2.05) is 0 Å². The number of primary amides is 1. The molecule has 0 fully saturated rings. The van der Waals surface area contributed by atoms with Crippen LogP contribution in [0.4, 0.5) is 18.0 Å². The molecule has 80 valence electrons. The van der Waals surface area contributed by atoms with E-state index >= 15 is 0 Å². The zero-order chi connectivity index (χ0) is 11.4. The third kappa shape index (κ3) is 5.01. The third-order valence-electron chi connectivity index (χ3n) is 0.936. The maximum Gasteiger partial charge on any atom is 0.471 e. The minimum atomic E-state index is -5.00. The second-order valence-corrected chi connectivity index (χ2v) is 2.16. The van der Waals surface area contributed by atoms with Gasteiger partial charge in [-0.15, -0.1) is 0 Å². The van der Waals surface area contributed by atoms with E-state index in [0.717, 1.165) is 0 Å². The molecule has 0 radical (unpaired) electrons. The van der Waals surface area contributed by atoms with Crippen LogP contribution in [0.1, 0.15) is 0 Å². The Hall–Kier alpha value is -1.73. The number of nitrogens with one attached hydrogen (secondary N) is 1. The molecule has 0 rings (SSSR count). The molecule has 0 aliphatic heterocycles. The standard InChI is InChI=1S/C6H7F3N2O3/c1-3(2-14-5(10)13)11-4(12)6(7,8)9/h1-2H2,(H2,10,13)(H,11,12). The fourth-order valence-corrected chi connectivity index (χ4v) is 0.426. The van der Waals surface area contributed by atoms with Gasteiger partial charge in [0.2, 0.25) is 0 Å². The minimum Gasteiger partial charge on any atom is -0.443 e. The fourth-order valence-electron chi connectivity index (χ4n) is 0.426. The second kappa shape index (κ2) is 4.49. The van der Waals surface area contributed by atoms with Crippen LogP contribution in [0.15, 0.2) is 12.3 Å². The van der Waals surface area contributed by atoms with Crippen molar-refractivity contribution in [1.82, 2.24) is 5.32 Å². The Morgan fingerprint density at radius 1 is 1.43 bits per heavy atom. The van der Waals surface area contributed by atoms with Gasteiger partial charge in [0.15, 0.2) is 0 Å². The van der Waals surface area contributed by atoms with E-state index in [9.17, 15) is 22.8 Å². The molecule has 0 aromatic heterocycles. The van der Waals surface area contributed by atoms with Gasteiger partial charge in [-0.05, 0) is 0 Å². The van der Waals surface area contributed by atoms with Crippen molar-refractivity contribution in [2.45, 2.75) is 6.18 Å². The SMILES string of the molecule is C=C(COC(N)=O)NC(=O)C(F)(F)F. The van der Waals surface area contributed by atoms with Crippen LogP contribution in [0, 0.1) is 0 Å². The van der Waals surface area contributed by atoms with E-state index in [1.54, 1.807) is 0 Å². The molecule has 0 aromatic rings. The number of nitrogens with two attached hydrogens (primary N) is 1. The van der Waals surface area contributed by atoms with Crippen LogP contribution in [0.2, 0.25) is 0 Å². The van der Waals surface area contributed by atoms with E-state index < -0.39 is 30.5 Å². The van der Waals surface area contributed by atoms with Crippen molar-refractivity contribution in [3.8, 4) is 0 Å². The van der Waals surface area contributed by atoms with Gasteiger partial charge in [-0.25, -0.2) is 4.79 Å². The lowest BCUT2D eigenvalue weighted by Crippen LogP contribution is -2.37. The third-order valence-corrected chi connectivity index (χ3v) is 0.936. The van der Waals surface area contributed by atoms with Crippen molar-refractivity contribution in [2.24, 2.45) is 5.73 Å². The first-order valence-corrected chi connectivity index (χ1v) is 3.21. The molecular formula is C6H7F3N2O3. The molecule has 8 heteroatoms. The van der Waals surface area contributed by atoms with Crippen LogP contribution < -0.4 is 11.1 Å². The molecule has 0 aliphatic carbocycles. The normalized spacial score (nSPS) is 10.5. The lowest BCUT2D eigenvalue weighted by molar-refractivity contribution is -0.172. The first kappa shape index (κ1) is 12.3. The van der Waals surface area contributed by atoms with Crippen LogP contribution in [-0.4, -0.2) is 24.8 Å². The Bertz CT molecular complexity index is 262. The van der Waals surface area contributed by atoms with Gasteiger partial charge in [-0.1, -0.05) is 6.58 Å². The van der Waals surface area contributed by atoms with E-state index in [-0.39, 0.29) is 0 Å². The maximum atomic E-state index is 11.6. The van der Waals surface area contributed by atoms with E-state index in [1.165, 1.54) is 5.32 Å². The van der Waals surface area contributed by atoms with Crippen molar-refractivity contribution < 1.29 is 27.5 Å². The van der Waals surface area contributed by atoms with Crippen LogP contribution in [0.3, 0.4) is 0 Å². The van der Waals surface area contributed by atoms with Crippen molar-refractivity contribution in [2.75, 3.05) is 6.61 Å². The van der Waals surface area contributed by atoms with Gasteiger partial charge < -0.3 is 15.8 Å². The smallest absolute Gasteiger partial charge is 0.443 e. The van der Waals surface area contributed by atoms with Crippen molar-refractivity contribution in [1.29, 1.82) is 0 Å². The fraction of sp³-hybridized carbons (Fsp3) is 0.333. The summed E-state index contributed by atoms with van der Waals surface area (Å²) in [7, 11) is 0. The minimum absolute atomic E-state index is 0.411. The highest BCUT2D eigenvalue weighted by atomic mass is 19.4. The molecule has 0 unspecified atom stereocenters. The van der Waals surface area contributed by atoms with Crippen LogP contribution >= 0.6 is 0 Å². The number of amides is 2. The molecule has 2 amide bonds. The number of ether oxygens (including phenoxy) is 1. The predicted octanol–water partition coefficient (Wildman–Crippen LogP) is 0.274. The Balaban J connectivity index is 3.96. The number of carbonyl (C=O) groups excluding carboxylic acids is 2. The van der Waals surface area contributed by atoms with Crippen molar-refractivity contribution >= 4 is 12.0 Å². The summed E-state index contributed by atoms with van der Waals surface area (Å²) >= 11 is 0. The highest BCUT2D eigenvalue weighted by Gasteiger charge is 2.38. The van der Waals surface area contributed by atoms with Crippen LogP contribution in [0.5, 0.6) is 0 Å². The summed E-state index contributed by atoms with van der Waals surface area (Å²) in [6, 6.07) is 0. The Morgan fingerprint density at radius 3 is 2.29 bits per heavy atom. The summed E-state index contributed by atoms with van der Waals surface area (Å²) in [4.78, 5) is 20.3. The van der Waals surface area contributed by atoms with Gasteiger partial charge in [-0.2, -0.15) is 13.2 Å². The highest BCUT2D eigenvalue weighted by Crippen LogP contribution is 2.14. The molecular weight excluding hydrogens is 205 g/mol. The summed E-state index contributed by atoms with van der Waals surface area (Å²) < 4.78 is 38.9. The Morgan fingerprint density at radius 2 is 1.93 bits per heavy atom. The predicted molar refractivity (Wildman–Crippen MR) is 38.9 cm³/mol. The second-order valence-electron chi connectivity index (χ2n) is 2.16. The van der Waals surface area contributed by atoms with Crippen molar-refractivity contribution in [3.63, 3.8) is 0 Å². The average Bonchev–Trinajstić information content (AvgIpc) is 1.99. The van der Waals surface area contributed by atoms with Crippen LogP contribution in [-0.2, 0) is 9.53 Å². The quantitative estimate of drug-likeness (QED) is 0.704. The Labute approximate surface area is 76.7 Å². The Kier molecular flexibility index (Phi) is 3.94. The lowest BCUT2D eigenvalue weighted by atomic mass is 10.5. The van der Waals surface area contributed by atoms with E-state index in [2.05, 4.69) is 17.0 Å². The molecule has 0 heterocycles. The van der Waals surface area contributed by atoms with Crippen molar-refractivity contribution in [3.05, 3.63) is 12.3 Å². The summed E-state index contributed by atoms with van der Waals surface area (Å²) in [5.41, 5.74) is 4.11. The number of hydrogen-bond donors (Lipinski definition) is 2. The molecule has 0 atom stereocenters. The maximum absolute atomic E-state index is 11.6. The molecule has 14 heavy (non-hydrogen) atoms. The molecule has 5 nitrogen and oxygen atoms in total. The molecule has 0 saturated heterocycles. The van der Waals surface area contributed by atoms with Crippen LogP contribution in [0.25, 0.3) is 0 Å². The van der Waals surface area contributed by atoms with E-state index in [4.69, 9.17) is 0 Å². The van der Waals surface area contributed by atoms with Gasteiger partial charge in [0.1, 0.15) is 6.61 Å². The van der Waals surface area contributed by atoms with Gasteiger partial charge in [0, 0.05) is 5.70 Å². The number of hydrogen-bond acceptors (Lipinski definition) is 3. The zero-order valence-corrected chi connectivity index (χ0v) is 6.85. The first-order chi connectivity index (χ1) is 6.23. The molecule has 3 N–H and O–H groups in total. The molecule has 0 spiro atoms. The highest BCUT2D eigenvalue weighted by molar-refractivity contribution is 5.83. The first-order valence-electron chi connectivity index (χ1n) is 3.21. The monoisotopic (exact) mass is 212 g/mol. The number of halogens is 3. The molecule has 0 aromatic carbocycles. The summed E-state index contributed by atoms with van der Waals surface area (Å²) in [5, 5.41) is 1.38. The summed E-state index contributed by atoms with van der Waals surface area (Å²) in [6.07, 6.45) is -6.18. The lowest BCUT2D eigenvalue weighted by Gasteiger charge is -2.09. The topological polar surface area (TPSA) is 81.4 Å². The molecule has 0 bridgehead atoms. The van der Waals surface area contributed by atoms with Gasteiger partial charge in [0.05, 0.1) is 0 Å². The summed E-state index contributed by atoms with van der Waals surface area (Å²) in [5.74, 6) is -2.18. The number of carbonyl (C=O) groups is 2. The number of alkyl halides is 3. The molecule has 0 saturated carbocycles. The zero-order valence-electron chi connectivity index (χ0n) is 6.85. The average molecular weight is 212 g/mol.